The maximum atomic E-state index is 13.5. The van der Waals surface area contributed by atoms with E-state index in [-0.39, 0.29) is 11.4 Å². The van der Waals surface area contributed by atoms with Crippen LogP contribution in [0.15, 0.2) is 58.6 Å². The van der Waals surface area contributed by atoms with E-state index in [0.29, 0.717) is 38.4 Å². The van der Waals surface area contributed by atoms with E-state index in [1.54, 1.807) is 24.3 Å². The van der Waals surface area contributed by atoms with Gasteiger partial charge in [0.15, 0.2) is 10.8 Å². The van der Waals surface area contributed by atoms with Crippen LogP contribution >= 0.6 is 23.4 Å². The Morgan fingerprint density at radius 1 is 1.29 bits per heavy atom. The minimum Gasteiger partial charge on any atom is -0.495 e. The van der Waals surface area contributed by atoms with Crippen LogP contribution in [0, 0.1) is 5.82 Å². The number of aromatic nitrogens is 4. The standard InChI is InChI=1S/C19H14ClFN4O2S/c1-27-16-6-5-12(20)8-15(16)25-18(26)14-9-22-24-17(14)23-19(25)28-10-11-3-2-4-13(21)7-11/h2-9H,10H2,1H3,(H,22,24). The molecule has 4 rings (SSSR count). The lowest BCUT2D eigenvalue weighted by Gasteiger charge is -2.15. The van der Waals surface area contributed by atoms with E-state index in [0.717, 1.165) is 5.56 Å². The van der Waals surface area contributed by atoms with E-state index in [4.69, 9.17) is 16.3 Å². The van der Waals surface area contributed by atoms with Crippen LogP contribution in [-0.4, -0.2) is 26.9 Å². The van der Waals surface area contributed by atoms with E-state index in [1.165, 1.54) is 41.8 Å². The second-order valence-electron chi connectivity index (χ2n) is 5.90. The molecule has 9 heteroatoms. The summed E-state index contributed by atoms with van der Waals surface area (Å²) in [5, 5.41) is 7.84. The fourth-order valence-corrected chi connectivity index (χ4v) is 3.90. The molecule has 2 heterocycles. The zero-order valence-electron chi connectivity index (χ0n) is 14.6. The average Bonchev–Trinajstić information content (AvgIpc) is 3.15. The maximum Gasteiger partial charge on any atom is 0.270 e. The van der Waals surface area contributed by atoms with Crippen LogP contribution in [0.2, 0.25) is 5.02 Å². The third-order valence-electron chi connectivity index (χ3n) is 4.09. The Labute approximate surface area is 168 Å². The van der Waals surface area contributed by atoms with Crippen molar-refractivity contribution in [2.45, 2.75) is 10.9 Å². The molecule has 28 heavy (non-hydrogen) atoms. The van der Waals surface area contributed by atoms with Crippen molar-refractivity contribution in [3.63, 3.8) is 0 Å². The van der Waals surface area contributed by atoms with Crippen LogP contribution in [-0.2, 0) is 5.75 Å². The van der Waals surface area contributed by atoms with E-state index < -0.39 is 0 Å². The lowest BCUT2D eigenvalue weighted by atomic mass is 10.2. The van der Waals surface area contributed by atoms with Crippen molar-refractivity contribution in [1.82, 2.24) is 19.7 Å². The first-order valence-corrected chi connectivity index (χ1v) is 9.60. The molecule has 0 unspecified atom stereocenters. The van der Waals surface area contributed by atoms with Gasteiger partial charge in [-0.2, -0.15) is 5.10 Å². The number of hydrogen-bond acceptors (Lipinski definition) is 5. The predicted octanol–water partition coefficient (Wildman–Crippen LogP) is 4.20. The Bertz CT molecular complexity index is 1220. The van der Waals surface area contributed by atoms with Gasteiger partial charge in [0.25, 0.3) is 5.56 Å². The van der Waals surface area contributed by atoms with Crippen molar-refractivity contribution in [1.29, 1.82) is 0 Å². The number of hydrogen-bond donors (Lipinski definition) is 1. The maximum absolute atomic E-state index is 13.5. The number of aromatic amines is 1. The number of thioether (sulfide) groups is 1. The number of H-pyrrole nitrogens is 1. The van der Waals surface area contributed by atoms with Crippen LogP contribution in [0.3, 0.4) is 0 Å². The Morgan fingerprint density at radius 2 is 2.14 bits per heavy atom. The number of benzene rings is 2. The van der Waals surface area contributed by atoms with Crippen molar-refractivity contribution in [2.75, 3.05) is 7.11 Å². The molecule has 0 spiro atoms. The van der Waals surface area contributed by atoms with Crippen LogP contribution in [0.4, 0.5) is 4.39 Å². The molecule has 0 saturated heterocycles. The van der Waals surface area contributed by atoms with Gasteiger partial charge in [-0.05, 0) is 35.9 Å². The van der Waals surface area contributed by atoms with Crippen molar-refractivity contribution in [3.8, 4) is 11.4 Å². The zero-order valence-corrected chi connectivity index (χ0v) is 16.2. The SMILES string of the molecule is COc1ccc(Cl)cc1-n1c(SCc2cccc(F)c2)nc2[nH]ncc2c1=O. The van der Waals surface area contributed by atoms with E-state index in [1.807, 2.05) is 6.07 Å². The highest BCUT2D eigenvalue weighted by atomic mass is 35.5. The van der Waals surface area contributed by atoms with Gasteiger partial charge in [0.2, 0.25) is 0 Å². The van der Waals surface area contributed by atoms with Crippen LogP contribution in [0.1, 0.15) is 5.56 Å². The highest BCUT2D eigenvalue weighted by Gasteiger charge is 2.18. The topological polar surface area (TPSA) is 72.8 Å². The van der Waals surface area contributed by atoms with Gasteiger partial charge < -0.3 is 4.74 Å². The Morgan fingerprint density at radius 3 is 2.93 bits per heavy atom. The number of nitrogens with one attached hydrogen (secondary N) is 1. The summed E-state index contributed by atoms with van der Waals surface area (Å²) in [7, 11) is 1.52. The van der Waals surface area contributed by atoms with Crippen molar-refractivity contribution in [3.05, 3.63) is 75.4 Å². The van der Waals surface area contributed by atoms with E-state index in [2.05, 4.69) is 15.2 Å². The van der Waals surface area contributed by atoms with E-state index >= 15 is 0 Å². The summed E-state index contributed by atoms with van der Waals surface area (Å²) in [6.07, 6.45) is 1.43. The van der Waals surface area contributed by atoms with Gasteiger partial charge in [0, 0.05) is 10.8 Å². The number of ether oxygens (including phenoxy) is 1. The minimum atomic E-state index is -0.316. The van der Waals surface area contributed by atoms with Crippen molar-refractivity contribution in [2.24, 2.45) is 0 Å². The average molecular weight is 417 g/mol. The predicted molar refractivity (Wildman–Crippen MR) is 107 cm³/mol. The van der Waals surface area contributed by atoms with Crippen LogP contribution in [0.25, 0.3) is 16.7 Å². The number of fused-ring (bicyclic) bond motifs is 1. The lowest BCUT2D eigenvalue weighted by Crippen LogP contribution is -2.22. The number of rotatable bonds is 5. The van der Waals surface area contributed by atoms with Crippen molar-refractivity contribution < 1.29 is 9.13 Å². The molecule has 2 aromatic carbocycles. The summed E-state index contributed by atoms with van der Waals surface area (Å²) >= 11 is 7.46. The normalized spacial score (nSPS) is 11.1. The Kier molecular flexibility index (Phi) is 5.06. The molecule has 2 aromatic heterocycles. The van der Waals surface area contributed by atoms with Gasteiger partial charge in [0.05, 0.1) is 19.0 Å². The first kappa shape index (κ1) is 18.5. The summed E-state index contributed by atoms with van der Waals surface area (Å²) in [5.74, 6) is 0.583. The molecule has 0 aliphatic heterocycles. The van der Waals surface area contributed by atoms with E-state index in [9.17, 15) is 9.18 Å². The number of nitrogens with zero attached hydrogens (tertiary/aromatic N) is 3. The summed E-state index contributed by atoms with van der Waals surface area (Å²) in [6.45, 7) is 0. The molecule has 0 aliphatic rings. The van der Waals surface area contributed by atoms with Gasteiger partial charge in [-0.25, -0.2) is 9.37 Å². The molecule has 6 nitrogen and oxygen atoms in total. The molecular formula is C19H14ClFN4O2S. The third kappa shape index (κ3) is 3.48. The van der Waals surface area contributed by atoms with Gasteiger partial charge in [-0.15, -0.1) is 0 Å². The molecule has 0 saturated carbocycles. The molecular weight excluding hydrogens is 403 g/mol. The molecule has 4 aromatic rings. The Hall–Kier alpha value is -2.84. The van der Waals surface area contributed by atoms with Gasteiger partial charge in [-0.1, -0.05) is 35.5 Å². The molecule has 0 aliphatic carbocycles. The molecule has 0 radical (unpaired) electrons. The summed E-state index contributed by atoms with van der Waals surface area (Å²) in [5.41, 5.74) is 1.32. The minimum absolute atomic E-state index is 0.305. The third-order valence-corrected chi connectivity index (χ3v) is 5.34. The summed E-state index contributed by atoms with van der Waals surface area (Å²) < 4.78 is 20.3. The quantitative estimate of drug-likeness (QED) is 0.390. The fraction of sp³-hybridized carbons (Fsp3) is 0.105. The Balaban J connectivity index is 1.87. The largest absolute Gasteiger partial charge is 0.495 e. The van der Waals surface area contributed by atoms with Crippen molar-refractivity contribution >= 4 is 34.4 Å². The smallest absolute Gasteiger partial charge is 0.270 e. The molecule has 0 fully saturated rings. The first-order valence-electron chi connectivity index (χ1n) is 8.24. The second kappa shape index (κ2) is 7.65. The summed E-state index contributed by atoms with van der Waals surface area (Å²) in [4.78, 5) is 17.7. The zero-order chi connectivity index (χ0) is 19.7. The van der Waals surface area contributed by atoms with Gasteiger partial charge in [-0.3, -0.25) is 14.5 Å². The summed E-state index contributed by atoms with van der Waals surface area (Å²) in [6, 6.07) is 11.3. The number of halogens is 2. The molecule has 1 N–H and O–H groups in total. The lowest BCUT2D eigenvalue weighted by molar-refractivity contribution is 0.411. The molecule has 0 atom stereocenters. The van der Waals surface area contributed by atoms with Gasteiger partial charge in [0.1, 0.15) is 17.0 Å². The second-order valence-corrected chi connectivity index (χ2v) is 7.28. The molecule has 142 valence electrons. The fourth-order valence-electron chi connectivity index (χ4n) is 2.80. The monoisotopic (exact) mass is 416 g/mol. The first-order chi connectivity index (χ1) is 13.6. The van der Waals surface area contributed by atoms with Crippen LogP contribution in [0.5, 0.6) is 5.75 Å². The van der Waals surface area contributed by atoms with Crippen LogP contribution < -0.4 is 10.3 Å². The molecule has 0 amide bonds. The number of methoxy groups -OCH3 is 1. The highest BCUT2D eigenvalue weighted by molar-refractivity contribution is 7.98. The van der Waals surface area contributed by atoms with Gasteiger partial charge >= 0.3 is 0 Å². The highest BCUT2D eigenvalue weighted by Crippen LogP contribution is 2.30. The molecule has 0 bridgehead atoms.